The van der Waals surface area contributed by atoms with Crippen LogP contribution in [0.4, 0.5) is 15.8 Å². The van der Waals surface area contributed by atoms with Crippen molar-refractivity contribution in [1.82, 2.24) is 19.7 Å². The molecular weight excluding hydrogens is 641 g/mol. The third-order valence-electron chi connectivity index (χ3n) is 7.32. The van der Waals surface area contributed by atoms with E-state index in [-0.39, 0.29) is 52.2 Å². The smallest absolute Gasteiger partial charge is 0.338 e. The minimum Gasteiger partial charge on any atom is -0.480 e. The van der Waals surface area contributed by atoms with E-state index in [1.54, 1.807) is 36.5 Å². The van der Waals surface area contributed by atoms with Gasteiger partial charge in [-0.05, 0) is 55.2 Å². The molecule has 1 fully saturated rings. The van der Waals surface area contributed by atoms with Gasteiger partial charge in [0.1, 0.15) is 22.2 Å². The molecule has 0 atom stereocenters. The number of carbonyl (C=O) groups excluding carboxylic acids is 1. The van der Waals surface area contributed by atoms with Gasteiger partial charge in [0.25, 0.3) is 0 Å². The number of carbonyl (C=O) groups is 1. The number of fused-ring (bicyclic) bond motifs is 1. The number of sulfonamides is 1. The molecule has 0 aliphatic heterocycles. The topological polar surface area (TPSA) is 151 Å². The van der Waals surface area contributed by atoms with Gasteiger partial charge in [0, 0.05) is 41.6 Å². The molecule has 3 aromatic carbocycles. The molecular formula is C34H32FN5O7S. The lowest BCUT2D eigenvalue weighted by atomic mass is 10.0. The largest absolute Gasteiger partial charge is 0.480 e. The Kier molecular flexibility index (Phi) is 9.37. The predicted molar refractivity (Wildman–Crippen MR) is 176 cm³/mol. The van der Waals surface area contributed by atoms with Crippen LogP contribution in [0.25, 0.3) is 22.0 Å². The Morgan fingerprint density at radius 3 is 2.54 bits per heavy atom. The average molecular weight is 674 g/mol. The summed E-state index contributed by atoms with van der Waals surface area (Å²) in [4.78, 5) is 25.9. The van der Waals surface area contributed by atoms with Crippen LogP contribution in [0.5, 0.6) is 23.4 Å². The van der Waals surface area contributed by atoms with E-state index in [9.17, 15) is 17.6 Å². The molecule has 0 bridgehead atoms. The summed E-state index contributed by atoms with van der Waals surface area (Å²) in [5, 5.41) is 3.68. The van der Waals surface area contributed by atoms with E-state index < -0.39 is 21.8 Å². The van der Waals surface area contributed by atoms with E-state index in [0.717, 1.165) is 12.8 Å². The van der Waals surface area contributed by atoms with Crippen molar-refractivity contribution in [2.75, 3.05) is 26.1 Å². The highest BCUT2D eigenvalue weighted by Gasteiger charge is 2.31. The second kappa shape index (κ2) is 13.8. The molecule has 2 heterocycles. The molecule has 2 N–H and O–H groups in total. The molecule has 248 valence electrons. The van der Waals surface area contributed by atoms with Gasteiger partial charge in [-0.15, -0.1) is 0 Å². The van der Waals surface area contributed by atoms with Gasteiger partial charge in [-0.3, -0.25) is 4.98 Å². The maximum Gasteiger partial charge on any atom is 0.338 e. The number of rotatable bonds is 13. The average Bonchev–Trinajstić information content (AvgIpc) is 3.89. The van der Waals surface area contributed by atoms with Crippen molar-refractivity contribution in [2.24, 2.45) is 0 Å². The monoisotopic (exact) mass is 673 g/mol. The summed E-state index contributed by atoms with van der Waals surface area (Å²) in [7, 11) is -1.08. The molecule has 6 rings (SSSR count). The lowest BCUT2D eigenvalue weighted by Gasteiger charge is -2.18. The number of nitrogens with one attached hydrogen (secondary N) is 2. The van der Waals surface area contributed by atoms with Crippen LogP contribution in [0, 0.1) is 5.82 Å². The van der Waals surface area contributed by atoms with Gasteiger partial charge in [0.05, 0.1) is 43.2 Å². The number of hydrogen-bond donors (Lipinski definition) is 2. The van der Waals surface area contributed by atoms with Crippen molar-refractivity contribution in [1.29, 1.82) is 0 Å². The van der Waals surface area contributed by atoms with Crippen molar-refractivity contribution < 1.29 is 36.6 Å². The molecule has 2 aromatic heterocycles. The zero-order valence-corrected chi connectivity index (χ0v) is 27.1. The second-order valence-corrected chi connectivity index (χ2v) is 12.7. The number of anilines is 2. The van der Waals surface area contributed by atoms with Crippen LogP contribution in [0.3, 0.4) is 0 Å². The van der Waals surface area contributed by atoms with Gasteiger partial charge in [0.2, 0.25) is 15.9 Å². The SMILES string of the molecule is CCCOC(=O)c1cc(Nc2c(S(=O)(=O)NC3CC3)cnc3cc(-c4cnc(OC)nc4OC)ccc23)cc(Oc2cccc(F)c2)c1. The third-order valence-corrected chi connectivity index (χ3v) is 8.85. The van der Waals surface area contributed by atoms with E-state index in [2.05, 4.69) is 25.0 Å². The van der Waals surface area contributed by atoms with Crippen LogP contribution in [0.15, 0.2) is 78.0 Å². The number of methoxy groups -OCH3 is 2. The summed E-state index contributed by atoms with van der Waals surface area (Å²) in [6.45, 7) is 2.08. The van der Waals surface area contributed by atoms with Gasteiger partial charge in [-0.1, -0.05) is 25.1 Å². The van der Waals surface area contributed by atoms with Crippen LogP contribution in [-0.2, 0) is 14.8 Å². The summed E-state index contributed by atoms with van der Waals surface area (Å²) in [6, 6.07) is 15.4. The molecule has 0 spiro atoms. The molecule has 1 saturated carbocycles. The van der Waals surface area contributed by atoms with Crippen molar-refractivity contribution in [3.8, 4) is 34.5 Å². The summed E-state index contributed by atoms with van der Waals surface area (Å²) >= 11 is 0. The quantitative estimate of drug-likeness (QED) is 0.134. The molecule has 0 amide bonds. The summed E-state index contributed by atoms with van der Waals surface area (Å²) < 4.78 is 65.8. The predicted octanol–water partition coefficient (Wildman–Crippen LogP) is 6.39. The summed E-state index contributed by atoms with van der Waals surface area (Å²) in [5.41, 5.74) is 2.37. The maximum absolute atomic E-state index is 13.9. The zero-order valence-electron chi connectivity index (χ0n) is 26.3. The molecule has 12 nitrogen and oxygen atoms in total. The number of pyridine rings is 1. The molecule has 0 radical (unpaired) electrons. The number of nitrogens with zero attached hydrogens (tertiary/aromatic N) is 3. The van der Waals surface area contributed by atoms with Gasteiger partial charge in [-0.25, -0.2) is 27.3 Å². The van der Waals surface area contributed by atoms with Gasteiger partial charge in [-0.2, -0.15) is 4.98 Å². The highest BCUT2D eigenvalue weighted by Crippen LogP contribution is 2.38. The molecule has 1 aliphatic carbocycles. The Balaban J connectivity index is 1.47. The normalized spacial score (nSPS) is 12.8. The van der Waals surface area contributed by atoms with E-state index >= 15 is 0 Å². The molecule has 0 saturated heterocycles. The standard InChI is InChI=1S/C34H32FN5O7S/c1-4-12-46-33(41)21-13-24(17-26(14-21)47-25-7-5-6-22(35)16-25)38-31-27-11-8-20(28-18-37-34(45-3)39-32(28)44-2)15-29(27)36-19-30(31)48(42,43)40-23-9-10-23/h5-8,11,13-19,23,40H,4,9-10,12H2,1-3H3,(H,36,38). The van der Waals surface area contributed by atoms with Gasteiger partial charge < -0.3 is 24.3 Å². The Bertz CT molecular complexity index is 2110. The minimum atomic E-state index is -4.02. The van der Waals surface area contributed by atoms with Crippen LogP contribution in [-0.4, -0.2) is 56.2 Å². The fourth-order valence-corrected chi connectivity index (χ4v) is 6.32. The van der Waals surface area contributed by atoms with E-state index in [0.29, 0.717) is 34.1 Å². The van der Waals surface area contributed by atoms with Crippen LogP contribution in [0.2, 0.25) is 0 Å². The molecule has 0 unspecified atom stereocenters. The number of esters is 1. The van der Waals surface area contributed by atoms with Crippen LogP contribution < -0.4 is 24.2 Å². The molecule has 48 heavy (non-hydrogen) atoms. The number of halogens is 1. The zero-order chi connectivity index (χ0) is 33.8. The number of ether oxygens (including phenoxy) is 4. The van der Waals surface area contributed by atoms with Crippen molar-refractivity contribution in [3.63, 3.8) is 0 Å². The molecule has 5 aromatic rings. The Labute approximate surface area is 276 Å². The first-order valence-electron chi connectivity index (χ1n) is 15.1. The van der Waals surface area contributed by atoms with Crippen molar-refractivity contribution >= 4 is 38.3 Å². The summed E-state index contributed by atoms with van der Waals surface area (Å²) in [6.07, 6.45) is 4.93. The van der Waals surface area contributed by atoms with Crippen LogP contribution in [0.1, 0.15) is 36.5 Å². The summed E-state index contributed by atoms with van der Waals surface area (Å²) in [5.74, 6) is -0.417. The first kappa shape index (κ1) is 32.6. The highest BCUT2D eigenvalue weighted by atomic mass is 32.2. The van der Waals surface area contributed by atoms with E-state index in [4.69, 9.17) is 18.9 Å². The fourth-order valence-electron chi connectivity index (χ4n) is 4.90. The van der Waals surface area contributed by atoms with Crippen molar-refractivity contribution in [3.05, 3.63) is 84.4 Å². The van der Waals surface area contributed by atoms with Crippen molar-refractivity contribution in [2.45, 2.75) is 37.1 Å². The first-order valence-corrected chi connectivity index (χ1v) is 16.6. The van der Waals surface area contributed by atoms with Gasteiger partial charge >= 0.3 is 12.0 Å². The fraction of sp³-hybridized carbons (Fsp3) is 0.235. The first-order chi connectivity index (χ1) is 23.2. The maximum atomic E-state index is 13.9. The second-order valence-electron chi connectivity index (χ2n) is 11.0. The Morgan fingerprint density at radius 1 is 0.979 bits per heavy atom. The molecule has 1 aliphatic rings. The Morgan fingerprint density at radius 2 is 1.81 bits per heavy atom. The lowest BCUT2D eigenvalue weighted by molar-refractivity contribution is 0.0504. The van der Waals surface area contributed by atoms with Gasteiger partial charge in [0.15, 0.2) is 0 Å². The number of benzene rings is 3. The highest BCUT2D eigenvalue weighted by molar-refractivity contribution is 7.89. The number of aromatic nitrogens is 3. The van der Waals surface area contributed by atoms with E-state index in [1.165, 1.54) is 50.7 Å². The number of hydrogen-bond acceptors (Lipinski definition) is 11. The minimum absolute atomic E-state index is 0.0911. The molecule has 14 heteroatoms. The Hall–Kier alpha value is -5.34. The van der Waals surface area contributed by atoms with Crippen LogP contribution >= 0.6 is 0 Å². The lowest BCUT2D eigenvalue weighted by Crippen LogP contribution is -2.26. The van der Waals surface area contributed by atoms with E-state index in [1.807, 2.05) is 6.92 Å². The third kappa shape index (κ3) is 7.29.